The van der Waals surface area contributed by atoms with Crippen LogP contribution in [-0.2, 0) is 0 Å². The van der Waals surface area contributed by atoms with Crippen molar-refractivity contribution < 1.29 is 9.90 Å². The van der Waals surface area contributed by atoms with Crippen LogP contribution in [0.2, 0.25) is 0 Å². The lowest BCUT2D eigenvalue weighted by molar-refractivity contribution is 0.225. The second-order valence-electron chi connectivity index (χ2n) is 6.76. The van der Waals surface area contributed by atoms with Crippen LogP contribution in [0.1, 0.15) is 40.9 Å². The molecule has 1 aliphatic heterocycles. The number of terminal acetylenes is 1. The smallest absolute Gasteiger partial charge is 0.320 e. The number of carbonyl (C=O) groups is 1. The van der Waals surface area contributed by atoms with Crippen LogP contribution in [0.3, 0.4) is 0 Å². The van der Waals surface area contributed by atoms with Gasteiger partial charge in [-0.1, -0.05) is 24.3 Å². The number of urea groups is 1. The van der Waals surface area contributed by atoms with Crippen LogP contribution in [-0.4, -0.2) is 47.8 Å². The van der Waals surface area contributed by atoms with Crippen molar-refractivity contribution in [3.05, 3.63) is 45.8 Å². The molecule has 6 nitrogen and oxygen atoms in total. The number of nitrogens with zero attached hydrogens (tertiary/aromatic N) is 2. The molecular formula is C20H24N4O2S. The maximum atomic E-state index is 12.2. The minimum absolute atomic E-state index is 0.187. The highest BCUT2D eigenvalue weighted by Gasteiger charge is 2.19. The van der Waals surface area contributed by atoms with Crippen molar-refractivity contribution in [3.63, 3.8) is 0 Å². The molecule has 1 aromatic carbocycles. The summed E-state index contributed by atoms with van der Waals surface area (Å²) in [4.78, 5) is 18.6. The number of benzene rings is 1. The molecule has 1 aliphatic rings. The monoisotopic (exact) mass is 384 g/mol. The first-order valence-corrected chi connectivity index (χ1v) is 9.86. The Labute approximate surface area is 163 Å². The largest absolute Gasteiger partial charge is 0.394 e. The van der Waals surface area contributed by atoms with Crippen LogP contribution in [0.15, 0.2) is 29.6 Å². The summed E-state index contributed by atoms with van der Waals surface area (Å²) in [7, 11) is 2.15. The highest BCUT2D eigenvalue weighted by molar-refractivity contribution is 7.10. The number of piperidine rings is 1. The summed E-state index contributed by atoms with van der Waals surface area (Å²) in [5, 5.41) is 17.3. The molecule has 0 bridgehead atoms. The third-order valence-electron chi connectivity index (χ3n) is 4.89. The quantitative estimate of drug-likeness (QED) is 0.693. The second kappa shape index (κ2) is 9.00. The maximum Gasteiger partial charge on any atom is 0.320 e. The molecule has 1 fully saturated rings. The van der Waals surface area contributed by atoms with Gasteiger partial charge in [-0.05, 0) is 55.9 Å². The molecule has 2 aromatic rings. The van der Waals surface area contributed by atoms with Gasteiger partial charge in [0, 0.05) is 5.38 Å². The van der Waals surface area contributed by atoms with Crippen LogP contribution in [0, 0.1) is 12.3 Å². The molecule has 0 radical (unpaired) electrons. The Morgan fingerprint density at radius 1 is 1.41 bits per heavy atom. The van der Waals surface area contributed by atoms with E-state index in [0.717, 1.165) is 31.5 Å². The lowest BCUT2D eigenvalue weighted by Gasteiger charge is -2.29. The standard InChI is InChI=1S/C20H24N4O2S/c1-3-19-22-18(13-27-19)23-20(26)21-17(12-25)16-6-4-14(5-7-16)15-8-10-24(2)11-9-15/h1,4-7,13,15,17,25H,8-12H2,2H3,(H2,21,23,26)/t17-/m0/s1. The minimum Gasteiger partial charge on any atom is -0.394 e. The number of thiazole rings is 1. The summed E-state index contributed by atoms with van der Waals surface area (Å²) in [5.74, 6) is 3.41. The fourth-order valence-corrected chi connectivity index (χ4v) is 3.84. The van der Waals surface area contributed by atoms with E-state index in [1.54, 1.807) is 5.38 Å². The van der Waals surface area contributed by atoms with Crippen LogP contribution >= 0.6 is 11.3 Å². The SMILES string of the molecule is C#Cc1nc(NC(=O)N[C@@H](CO)c2ccc(C3CCN(C)CC3)cc2)cs1. The van der Waals surface area contributed by atoms with Gasteiger partial charge in [0.2, 0.25) is 0 Å². The lowest BCUT2D eigenvalue weighted by atomic mass is 9.89. The molecule has 27 heavy (non-hydrogen) atoms. The topological polar surface area (TPSA) is 77.5 Å². The normalized spacial score (nSPS) is 16.5. The van der Waals surface area contributed by atoms with Gasteiger partial charge < -0.3 is 15.3 Å². The van der Waals surface area contributed by atoms with E-state index in [4.69, 9.17) is 6.42 Å². The van der Waals surface area contributed by atoms with E-state index in [1.807, 2.05) is 12.1 Å². The molecule has 1 atom stereocenters. The Bertz CT molecular complexity index is 804. The Morgan fingerprint density at radius 3 is 2.70 bits per heavy atom. The first-order chi connectivity index (χ1) is 13.1. The predicted molar refractivity (Wildman–Crippen MR) is 108 cm³/mol. The molecule has 3 N–H and O–H groups in total. The molecule has 1 aromatic heterocycles. The van der Waals surface area contributed by atoms with Crippen molar-refractivity contribution in [2.75, 3.05) is 32.1 Å². The number of aromatic nitrogens is 1. The number of amides is 2. The highest BCUT2D eigenvalue weighted by Crippen LogP contribution is 2.28. The molecule has 1 saturated heterocycles. The van der Waals surface area contributed by atoms with Crippen LogP contribution in [0.25, 0.3) is 0 Å². The first-order valence-electron chi connectivity index (χ1n) is 8.98. The Hall–Kier alpha value is -2.40. The molecule has 3 rings (SSSR count). The van der Waals surface area contributed by atoms with Crippen molar-refractivity contribution in [2.24, 2.45) is 0 Å². The minimum atomic E-state index is -0.484. The number of carbonyl (C=O) groups excluding carboxylic acids is 1. The summed E-state index contributed by atoms with van der Waals surface area (Å²) >= 11 is 1.29. The van der Waals surface area contributed by atoms with Crippen molar-refractivity contribution >= 4 is 23.2 Å². The average Bonchev–Trinajstić information content (AvgIpc) is 3.14. The van der Waals surface area contributed by atoms with E-state index in [1.165, 1.54) is 16.9 Å². The summed E-state index contributed by atoms with van der Waals surface area (Å²) in [6.07, 6.45) is 7.60. The van der Waals surface area contributed by atoms with Crippen LogP contribution < -0.4 is 10.6 Å². The highest BCUT2D eigenvalue weighted by atomic mass is 32.1. The van der Waals surface area contributed by atoms with Crippen LogP contribution in [0.5, 0.6) is 0 Å². The fraction of sp³-hybridized carbons (Fsp3) is 0.400. The third kappa shape index (κ3) is 5.07. The van der Waals surface area contributed by atoms with Gasteiger partial charge in [0.15, 0.2) is 5.01 Å². The molecule has 0 spiro atoms. The number of aliphatic hydroxyl groups excluding tert-OH is 1. The van der Waals surface area contributed by atoms with Crippen molar-refractivity contribution in [1.82, 2.24) is 15.2 Å². The van der Waals surface area contributed by atoms with Gasteiger partial charge in [-0.3, -0.25) is 5.32 Å². The molecular weight excluding hydrogens is 360 g/mol. The van der Waals surface area contributed by atoms with Crippen molar-refractivity contribution in [1.29, 1.82) is 0 Å². The molecule has 0 aliphatic carbocycles. The van der Waals surface area contributed by atoms with E-state index in [2.05, 4.69) is 45.6 Å². The summed E-state index contributed by atoms with van der Waals surface area (Å²) < 4.78 is 0. The van der Waals surface area contributed by atoms with Gasteiger partial charge in [-0.2, -0.15) is 0 Å². The second-order valence-corrected chi connectivity index (χ2v) is 7.62. The fourth-order valence-electron chi connectivity index (χ4n) is 3.28. The van der Waals surface area contributed by atoms with Gasteiger partial charge in [-0.15, -0.1) is 17.8 Å². The number of rotatable bonds is 5. The third-order valence-corrected chi connectivity index (χ3v) is 5.66. The number of likely N-dealkylation sites (tertiary alicyclic amines) is 1. The molecule has 0 saturated carbocycles. The summed E-state index contributed by atoms with van der Waals surface area (Å²) in [5.41, 5.74) is 2.18. The Morgan fingerprint density at radius 2 is 2.11 bits per heavy atom. The summed E-state index contributed by atoms with van der Waals surface area (Å²) in [6, 6.07) is 7.26. The van der Waals surface area contributed by atoms with Gasteiger partial charge in [0.25, 0.3) is 0 Å². The zero-order chi connectivity index (χ0) is 19.2. The van der Waals surface area contributed by atoms with Gasteiger partial charge in [0.1, 0.15) is 5.82 Å². The zero-order valence-electron chi connectivity index (χ0n) is 15.3. The number of nitrogens with one attached hydrogen (secondary N) is 2. The number of anilines is 1. The van der Waals surface area contributed by atoms with E-state index in [9.17, 15) is 9.90 Å². The van der Waals surface area contributed by atoms with E-state index >= 15 is 0 Å². The number of hydrogen-bond acceptors (Lipinski definition) is 5. The van der Waals surface area contributed by atoms with Gasteiger partial charge in [0.05, 0.1) is 12.6 Å². The lowest BCUT2D eigenvalue weighted by Crippen LogP contribution is -2.34. The maximum absolute atomic E-state index is 12.2. The van der Waals surface area contributed by atoms with E-state index in [0.29, 0.717) is 16.7 Å². The molecule has 2 heterocycles. The van der Waals surface area contributed by atoms with Crippen LogP contribution in [0.4, 0.5) is 10.6 Å². The van der Waals surface area contributed by atoms with E-state index < -0.39 is 12.1 Å². The first kappa shape index (κ1) is 19.4. The van der Waals surface area contributed by atoms with Gasteiger partial charge >= 0.3 is 6.03 Å². The van der Waals surface area contributed by atoms with Gasteiger partial charge in [-0.25, -0.2) is 9.78 Å². The Balaban J connectivity index is 1.59. The number of hydrogen-bond donors (Lipinski definition) is 3. The van der Waals surface area contributed by atoms with Crippen molar-refractivity contribution in [2.45, 2.75) is 24.8 Å². The molecule has 0 unspecified atom stereocenters. The predicted octanol–water partition coefficient (Wildman–Crippen LogP) is 2.79. The Kier molecular flexibility index (Phi) is 6.45. The zero-order valence-corrected chi connectivity index (χ0v) is 16.1. The molecule has 142 valence electrons. The van der Waals surface area contributed by atoms with Crippen molar-refractivity contribution in [3.8, 4) is 12.3 Å². The van der Waals surface area contributed by atoms with E-state index in [-0.39, 0.29) is 6.61 Å². The summed E-state index contributed by atoms with van der Waals surface area (Å²) in [6.45, 7) is 2.05. The number of aliphatic hydroxyl groups is 1. The average molecular weight is 385 g/mol. The molecule has 2 amide bonds. The molecule has 7 heteroatoms.